The van der Waals surface area contributed by atoms with Crippen LogP contribution in [0.2, 0.25) is 0 Å². The Hall–Kier alpha value is -1.82. The van der Waals surface area contributed by atoms with Crippen molar-refractivity contribution in [1.29, 1.82) is 0 Å². The third-order valence-corrected chi connectivity index (χ3v) is 4.22. The van der Waals surface area contributed by atoms with Crippen molar-refractivity contribution in [2.45, 2.75) is 44.1 Å². The third-order valence-electron chi connectivity index (χ3n) is 3.12. The second-order valence-electron chi connectivity index (χ2n) is 4.99. The Morgan fingerprint density at radius 2 is 2.19 bits per heavy atom. The maximum Gasteiger partial charge on any atom is 0.230 e. The van der Waals surface area contributed by atoms with Gasteiger partial charge in [-0.15, -0.1) is 10.2 Å². The molecule has 0 spiro atoms. The van der Waals surface area contributed by atoms with Crippen LogP contribution in [0.15, 0.2) is 29.4 Å². The van der Waals surface area contributed by atoms with Crippen molar-refractivity contribution in [3.05, 3.63) is 29.8 Å². The fourth-order valence-corrected chi connectivity index (χ4v) is 2.84. The topological polar surface area (TPSA) is 73.8 Å². The molecule has 0 bridgehead atoms. The van der Waals surface area contributed by atoms with Crippen LogP contribution in [-0.4, -0.2) is 25.9 Å². The van der Waals surface area contributed by atoms with Crippen molar-refractivity contribution in [3.8, 4) is 11.4 Å². The summed E-state index contributed by atoms with van der Waals surface area (Å²) in [5.74, 6) is 0.489. The quantitative estimate of drug-likeness (QED) is 0.833. The van der Waals surface area contributed by atoms with E-state index in [1.165, 1.54) is 17.3 Å². The maximum absolute atomic E-state index is 11.2. The van der Waals surface area contributed by atoms with Crippen molar-refractivity contribution >= 4 is 17.7 Å². The molecule has 2 N–H and O–H groups in total. The number of primary amides is 1. The molecule has 0 aliphatic heterocycles. The molecular formula is C15H20N4OS. The molecule has 1 atom stereocenters. The number of amides is 1. The fraction of sp³-hybridized carbons (Fsp3) is 0.400. The van der Waals surface area contributed by atoms with E-state index in [9.17, 15) is 4.79 Å². The van der Waals surface area contributed by atoms with E-state index in [0.717, 1.165) is 29.5 Å². The van der Waals surface area contributed by atoms with Crippen LogP contribution in [-0.2, 0) is 11.3 Å². The van der Waals surface area contributed by atoms with E-state index in [-0.39, 0.29) is 11.2 Å². The molecule has 0 aliphatic rings. The first-order valence-corrected chi connectivity index (χ1v) is 7.87. The van der Waals surface area contributed by atoms with Crippen LogP contribution >= 0.6 is 11.8 Å². The molecule has 5 nitrogen and oxygen atoms in total. The van der Waals surface area contributed by atoms with Crippen LogP contribution in [0.5, 0.6) is 0 Å². The van der Waals surface area contributed by atoms with Crippen LogP contribution < -0.4 is 5.73 Å². The number of nitrogens with zero attached hydrogens (tertiary/aromatic N) is 3. The zero-order chi connectivity index (χ0) is 15.4. The number of thioether (sulfide) groups is 1. The number of rotatable bonds is 6. The molecule has 112 valence electrons. The zero-order valence-corrected chi connectivity index (χ0v) is 13.4. The van der Waals surface area contributed by atoms with Gasteiger partial charge in [0, 0.05) is 12.1 Å². The predicted molar refractivity (Wildman–Crippen MR) is 85.0 cm³/mol. The van der Waals surface area contributed by atoms with Gasteiger partial charge in [0.2, 0.25) is 5.91 Å². The lowest BCUT2D eigenvalue weighted by atomic mass is 10.1. The highest BCUT2D eigenvalue weighted by Crippen LogP contribution is 2.27. The molecule has 1 amide bonds. The molecule has 2 aromatic rings. The molecule has 0 fully saturated rings. The standard InChI is InChI=1S/C15H20N4OS/c1-4-8-19-14(12-7-5-6-10(2)9-12)17-18-15(19)21-11(3)13(16)20/h5-7,9,11H,4,8H2,1-3H3,(H2,16,20)/t11-/m0/s1. The average molecular weight is 304 g/mol. The largest absolute Gasteiger partial charge is 0.369 e. The number of hydrogen-bond acceptors (Lipinski definition) is 4. The van der Waals surface area contributed by atoms with Crippen molar-refractivity contribution in [2.24, 2.45) is 5.73 Å². The van der Waals surface area contributed by atoms with Gasteiger partial charge in [-0.1, -0.05) is 42.4 Å². The van der Waals surface area contributed by atoms with Crippen molar-refractivity contribution in [2.75, 3.05) is 0 Å². The number of nitrogens with two attached hydrogens (primary N) is 1. The lowest BCUT2D eigenvalue weighted by molar-refractivity contribution is -0.117. The molecule has 0 aliphatic carbocycles. The van der Waals surface area contributed by atoms with E-state index in [4.69, 9.17) is 5.73 Å². The molecule has 1 aromatic carbocycles. The van der Waals surface area contributed by atoms with Gasteiger partial charge in [0.15, 0.2) is 11.0 Å². The van der Waals surface area contributed by atoms with Crippen LogP contribution in [0.1, 0.15) is 25.8 Å². The lowest BCUT2D eigenvalue weighted by Crippen LogP contribution is -2.23. The normalized spacial score (nSPS) is 12.3. The van der Waals surface area contributed by atoms with E-state index >= 15 is 0 Å². The van der Waals surface area contributed by atoms with Crippen molar-refractivity contribution in [3.63, 3.8) is 0 Å². The summed E-state index contributed by atoms with van der Waals surface area (Å²) < 4.78 is 2.05. The Kier molecular flexibility index (Phi) is 5.01. The minimum atomic E-state index is -0.344. The highest BCUT2D eigenvalue weighted by molar-refractivity contribution is 8.00. The molecule has 2 rings (SSSR count). The van der Waals surface area contributed by atoms with E-state index < -0.39 is 0 Å². The molecule has 1 heterocycles. The monoisotopic (exact) mass is 304 g/mol. The van der Waals surface area contributed by atoms with Gasteiger partial charge in [0.1, 0.15) is 0 Å². The zero-order valence-electron chi connectivity index (χ0n) is 12.5. The molecule has 21 heavy (non-hydrogen) atoms. The first-order valence-electron chi connectivity index (χ1n) is 6.99. The highest BCUT2D eigenvalue weighted by atomic mass is 32.2. The Bertz CT molecular complexity index is 638. The molecule has 0 saturated carbocycles. The van der Waals surface area contributed by atoms with Crippen LogP contribution in [0.25, 0.3) is 11.4 Å². The minimum absolute atomic E-state index is 0.324. The summed E-state index contributed by atoms with van der Waals surface area (Å²) in [5.41, 5.74) is 7.54. The molecular weight excluding hydrogens is 284 g/mol. The smallest absolute Gasteiger partial charge is 0.230 e. The van der Waals surface area contributed by atoms with Crippen LogP contribution in [0.3, 0.4) is 0 Å². The van der Waals surface area contributed by atoms with Crippen LogP contribution in [0.4, 0.5) is 0 Å². The number of aromatic nitrogens is 3. The van der Waals surface area contributed by atoms with Gasteiger partial charge in [-0.25, -0.2) is 0 Å². The minimum Gasteiger partial charge on any atom is -0.369 e. The number of aryl methyl sites for hydroxylation is 1. The Morgan fingerprint density at radius 3 is 2.81 bits per heavy atom. The van der Waals surface area contributed by atoms with E-state index in [1.807, 2.05) is 12.1 Å². The second-order valence-corrected chi connectivity index (χ2v) is 6.30. The Morgan fingerprint density at radius 1 is 1.43 bits per heavy atom. The van der Waals surface area contributed by atoms with E-state index in [0.29, 0.717) is 0 Å². The van der Waals surface area contributed by atoms with Gasteiger partial charge in [-0.3, -0.25) is 4.79 Å². The molecule has 0 unspecified atom stereocenters. The SMILES string of the molecule is CCCn1c(S[C@@H](C)C(N)=O)nnc1-c1cccc(C)c1. The summed E-state index contributed by atoms with van der Waals surface area (Å²) in [7, 11) is 0. The molecule has 1 aromatic heterocycles. The van der Waals surface area contributed by atoms with Crippen molar-refractivity contribution in [1.82, 2.24) is 14.8 Å². The van der Waals surface area contributed by atoms with Gasteiger partial charge < -0.3 is 10.3 Å². The summed E-state index contributed by atoms with van der Waals surface area (Å²) in [4.78, 5) is 11.2. The number of hydrogen-bond donors (Lipinski definition) is 1. The summed E-state index contributed by atoms with van der Waals surface area (Å²) in [5, 5.41) is 8.94. The number of carbonyl (C=O) groups excluding carboxylic acids is 1. The van der Waals surface area contributed by atoms with Gasteiger partial charge >= 0.3 is 0 Å². The van der Waals surface area contributed by atoms with E-state index in [1.54, 1.807) is 6.92 Å². The number of benzene rings is 1. The lowest BCUT2D eigenvalue weighted by Gasteiger charge is -2.11. The molecule has 0 radical (unpaired) electrons. The fourth-order valence-electron chi connectivity index (χ4n) is 2.01. The highest BCUT2D eigenvalue weighted by Gasteiger charge is 2.18. The van der Waals surface area contributed by atoms with Gasteiger partial charge in [-0.2, -0.15) is 0 Å². The van der Waals surface area contributed by atoms with Crippen LogP contribution in [0, 0.1) is 6.92 Å². The summed E-state index contributed by atoms with van der Waals surface area (Å²) >= 11 is 1.35. The second kappa shape index (κ2) is 6.76. The van der Waals surface area contributed by atoms with Gasteiger partial charge in [-0.05, 0) is 26.3 Å². The Labute approximate surface area is 128 Å². The summed E-state index contributed by atoms with van der Waals surface area (Å²) in [6, 6.07) is 8.17. The first-order chi connectivity index (χ1) is 10.0. The van der Waals surface area contributed by atoms with E-state index in [2.05, 4.69) is 40.7 Å². The van der Waals surface area contributed by atoms with Crippen molar-refractivity contribution < 1.29 is 4.79 Å². The number of carbonyl (C=O) groups is 1. The molecule has 6 heteroatoms. The Balaban J connectivity index is 2.39. The first kappa shape index (κ1) is 15.6. The van der Waals surface area contributed by atoms with Gasteiger partial charge in [0.05, 0.1) is 5.25 Å². The summed E-state index contributed by atoms with van der Waals surface area (Å²) in [6.07, 6.45) is 0.968. The third kappa shape index (κ3) is 3.64. The van der Waals surface area contributed by atoms with Gasteiger partial charge in [0.25, 0.3) is 0 Å². The summed E-state index contributed by atoms with van der Waals surface area (Å²) in [6.45, 7) is 6.75. The predicted octanol–water partition coefficient (Wildman–Crippen LogP) is 2.63. The average Bonchev–Trinajstić information content (AvgIpc) is 2.82. The maximum atomic E-state index is 11.2. The molecule has 0 saturated heterocycles.